The van der Waals surface area contributed by atoms with Crippen LogP contribution in [0.3, 0.4) is 0 Å². The summed E-state index contributed by atoms with van der Waals surface area (Å²) >= 11 is 0. The van der Waals surface area contributed by atoms with Gasteiger partial charge in [-0.25, -0.2) is 0 Å². The summed E-state index contributed by atoms with van der Waals surface area (Å²) in [5.74, 6) is 0.395. The van der Waals surface area contributed by atoms with Crippen LogP contribution in [0.15, 0.2) is 29.8 Å². The second kappa shape index (κ2) is 10.8. The van der Waals surface area contributed by atoms with Gasteiger partial charge in [0.25, 0.3) is 11.7 Å². The number of carbonyl (C=O) groups is 2. The number of ether oxygens (including phenoxy) is 7. The number of ketones is 1. The van der Waals surface area contributed by atoms with E-state index in [1.165, 1.54) is 19.1 Å². The van der Waals surface area contributed by atoms with E-state index in [0.29, 0.717) is 85.9 Å². The number of benzene rings is 2. The SMILES string of the molecule is COc1cc([C@H]2C(=C(O)c3ccc4c(c3)OCCO4)C(=O)C(=O)N2CCN2CCOCC2)c(OC)c2c1OCO2. The van der Waals surface area contributed by atoms with Gasteiger partial charge in [0.05, 0.1) is 39.0 Å². The lowest BCUT2D eigenvalue weighted by molar-refractivity contribution is -0.140. The van der Waals surface area contributed by atoms with Crippen molar-refractivity contribution < 1.29 is 47.9 Å². The van der Waals surface area contributed by atoms with Gasteiger partial charge in [0.15, 0.2) is 23.0 Å². The number of aliphatic hydroxyl groups is 1. The minimum atomic E-state index is -0.993. The molecule has 0 aliphatic carbocycles. The van der Waals surface area contributed by atoms with Crippen molar-refractivity contribution >= 4 is 17.4 Å². The van der Waals surface area contributed by atoms with Crippen molar-refractivity contribution in [3.63, 3.8) is 0 Å². The Morgan fingerprint density at radius 1 is 0.925 bits per heavy atom. The Labute approximate surface area is 230 Å². The molecule has 1 amide bonds. The maximum Gasteiger partial charge on any atom is 0.295 e. The monoisotopic (exact) mass is 554 g/mol. The quantitative estimate of drug-likeness (QED) is 0.307. The lowest BCUT2D eigenvalue weighted by Gasteiger charge is -2.31. The van der Waals surface area contributed by atoms with Crippen molar-refractivity contribution in [1.82, 2.24) is 9.80 Å². The minimum absolute atomic E-state index is 0.0417. The van der Waals surface area contributed by atoms with Gasteiger partial charge in [0, 0.05) is 37.3 Å². The summed E-state index contributed by atoms with van der Waals surface area (Å²) in [4.78, 5) is 30.8. The van der Waals surface area contributed by atoms with Gasteiger partial charge in [-0.15, -0.1) is 0 Å². The van der Waals surface area contributed by atoms with E-state index in [1.54, 1.807) is 24.3 Å². The van der Waals surface area contributed by atoms with Crippen LogP contribution in [0.5, 0.6) is 34.5 Å². The average Bonchev–Trinajstić information content (AvgIpc) is 3.58. The second-order valence-electron chi connectivity index (χ2n) is 9.57. The predicted octanol–water partition coefficient (Wildman–Crippen LogP) is 1.96. The highest BCUT2D eigenvalue weighted by Gasteiger charge is 2.48. The molecule has 4 heterocycles. The molecule has 2 aromatic carbocycles. The highest BCUT2D eigenvalue weighted by atomic mass is 16.7. The van der Waals surface area contributed by atoms with Crippen LogP contribution in [-0.4, -0.2) is 100 Å². The largest absolute Gasteiger partial charge is 0.507 e. The van der Waals surface area contributed by atoms with Gasteiger partial charge >= 0.3 is 0 Å². The summed E-state index contributed by atoms with van der Waals surface area (Å²) in [6.07, 6.45) is 0. The third-order valence-electron chi connectivity index (χ3n) is 7.43. The molecule has 12 nitrogen and oxygen atoms in total. The third-order valence-corrected chi connectivity index (χ3v) is 7.43. The van der Waals surface area contributed by atoms with Crippen LogP contribution < -0.4 is 28.4 Å². The van der Waals surface area contributed by atoms with Gasteiger partial charge in [-0.1, -0.05) is 0 Å². The molecular formula is C28H30N2O10. The molecule has 4 aliphatic rings. The maximum absolute atomic E-state index is 13.6. The summed E-state index contributed by atoms with van der Waals surface area (Å²) in [6, 6.07) is 5.55. The summed E-state index contributed by atoms with van der Waals surface area (Å²) in [5.41, 5.74) is 0.652. The molecular weight excluding hydrogens is 524 g/mol. The zero-order valence-corrected chi connectivity index (χ0v) is 22.3. The number of nitrogens with zero attached hydrogens (tertiary/aromatic N) is 2. The maximum atomic E-state index is 13.6. The number of likely N-dealkylation sites (tertiary alicyclic amines) is 1. The van der Waals surface area contributed by atoms with E-state index in [4.69, 9.17) is 33.2 Å². The summed E-state index contributed by atoms with van der Waals surface area (Å²) < 4.78 is 39.3. The number of methoxy groups -OCH3 is 2. The number of Topliss-reactive ketones (excluding diaryl/α,β-unsaturated/α-hetero) is 1. The average molecular weight is 555 g/mol. The van der Waals surface area contributed by atoms with Crippen LogP contribution in [-0.2, 0) is 14.3 Å². The molecule has 0 spiro atoms. The Hall–Kier alpha value is -4.16. The number of hydrogen-bond donors (Lipinski definition) is 1. The number of morpholine rings is 1. The Morgan fingerprint density at radius 2 is 1.68 bits per heavy atom. The van der Waals surface area contributed by atoms with Crippen molar-refractivity contribution in [2.24, 2.45) is 0 Å². The molecule has 0 saturated carbocycles. The fourth-order valence-corrected chi connectivity index (χ4v) is 5.45. The number of hydrogen-bond acceptors (Lipinski definition) is 11. The van der Waals surface area contributed by atoms with Crippen molar-refractivity contribution in [2.75, 3.05) is 73.6 Å². The smallest absolute Gasteiger partial charge is 0.295 e. The topological polar surface area (TPSA) is 125 Å². The molecule has 0 radical (unpaired) electrons. The van der Waals surface area contributed by atoms with Crippen LogP contribution >= 0.6 is 0 Å². The first kappa shape index (κ1) is 26.1. The molecule has 6 rings (SSSR count). The van der Waals surface area contributed by atoms with Crippen LogP contribution in [0.1, 0.15) is 17.2 Å². The number of fused-ring (bicyclic) bond motifs is 2. The zero-order chi connectivity index (χ0) is 27.8. The van der Waals surface area contributed by atoms with E-state index in [1.807, 2.05) is 0 Å². The number of amides is 1. The minimum Gasteiger partial charge on any atom is -0.507 e. The molecule has 12 heteroatoms. The van der Waals surface area contributed by atoms with Crippen molar-refractivity contribution in [1.29, 1.82) is 0 Å². The van der Waals surface area contributed by atoms with Crippen molar-refractivity contribution in [3.05, 3.63) is 41.0 Å². The fraction of sp³-hybridized carbons (Fsp3) is 0.429. The lowest BCUT2D eigenvalue weighted by atomic mass is 9.93. The Morgan fingerprint density at radius 3 is 2.42 bits per heavy atom. The van der Waals surface area contributed by atoms with Crippen molar-refractivity contribution in [3.8, 4) is 34.5 Å². The Bertz CT molecular complexity index is 1370. The van der Waals surface area contributed by atoms with E-state index in [9.17, 15) is 14.7 Å². The number of rotatable bonds is 7. The molecule has 0 unspecified atom stereocenters. The van der Waals surface area contributed by atoms with Crippen LogP contribution in [0.2, 0.25) is 0 Å². The Balaban J connectivity index is 1.49. The Kier molecular flexibility index (Phi) is 7.03. The van der Waals surface area contributed by atoms with Gasteiger partial charge < -0.3 is 43.2 Å². The summed E-state index contributed by atoms with van der Waals surface area (Å²) in [5, 5.41) is 11.6. The molecule has 2 saturated heterocycles. The van der Waals surface area contributed by atoms with E-state index >= 15 is 0 Å². The lowest BCUT2D eigenvalue weighted by Crippen LogP contribution is -2.42. The predicted molar refractivity (Wildman–Crippen MR) is 139 cm³/mol. The molecule has 1 N–H and O–H groups in total. The second-order valence-corrected chi connectivity index (χ2v) is 9.57. The molecule has 4 aliphatic heterocycles. The highest BCUT2D eigenvalue weighted by Crippen LogP contribution is 2.54. The van der Waals surface area contributed by atoms with Crippen LogP contribution in [0.4, 0.5) is 0 Å². The van der Waals surface area contributed by atoms with Gasteiger partial charge in [-0.2, -0.15) is 0 Å². The fourth-order valence-electron chi connectivity index (χ4n) is 5.45. The number of aliphatic hydroxyl groups excluding tert-OH is 1. The van der Waals surface area contributed by atoms with E-state index in [-0.39, 0.29) is 30.4 Å². The molecule has 2 fully saturated rings. The van der Waals surface area contributed by atoms with Crippen LogP contribution in [0, 0.1) is 0 Å². The summed E-state index contributed by atoms with van der Waals surface area (Å²) in [7, 11) is 2.95. The summed E-state index contributed by atoms with van der Waals surface area (Å²) in [6.45, 7) is 4.10. The van der Waals surface area contributed by atoms with Gasteiger partial charge in [-0.3, -0.25) is 14.5 Å². The first-order chi connectivity index (χ1) is 19.5. The standard InChI is InChI=1S/C28H30N2O10/c1-34-20-14-17(25(35-2)27-26(20)39-15-40-27)22-21(23(31)16-3-4-18-19(13-16)38-12-11-37-18)24(32)28(33)30(22)6-5-29-7-9-36-10-8-29/h3-4,13-14,22,31H,5-12,15H2,1-2H3/t22-/m0/s1. The van der Waals surface area contributed by atoms with Gasteiger partial charge in [-0.05, 0) is 24.3 Å². The number of carbonyl (C=O) groups excluding carboxylic acids is 2. The van der Waals surface area contributed by atoms with E-state index < -0.39 is 17.7 Å². The van der Waals surface area contributed by atoms with E-state index in [2.05, 4.69) is 4.90 Å². The highest BCUT2D eigenvalue weighted by molar-refractivity contribution is 6.46. The normalized spacial score (nSPS) is 21.6. The van der Waals surface area contributed by atoms with Crippen LogP contribution in [0.25, 0.3) is 5.76 Å². The molecule has 1 atom stereocenters. The molecule has 0 aromatic heterocycles. The molecule has 0 bridgehead atoms. The third kappa shape index (κ3) is 4.42. The van der Waals surface area contributed by atoms with Crippen molar-refractivity contribution in [2.45, 2.75) is 6.04 Å². The zero-order valence-electron chi connectivity index (χ0n) is 22.3. The van der Waals surface area contributed by atoms with Gasteiger partial charge in [0.2, 0.25) is 18.3 Å². The molecule has 2 aromatic rings. The molecule has 40 heavy (non-hydrogen) atoms. The van der Waals surface area contributed by atoms with Gasteiger partial charge in [0.1, 0.15) is 19.0 Å². The molecule has 212 valence electrons. The first-order valence-electron chi connectivity index (χ1n) is 13.0. The first-order valence-corrected chi connectivity index (χ1v) is 13.0. The van der Waals surface area contributed by atoms with E-state index in [0.717, 1.165) is 0 Å².